The summed E-state index contributed by atoms with van der Waals surface area (Å²) in [6.45, 7) is 4.10. The molecular weight excluding hydrogens is 324 g/mol. The summed E-state index contributed by atoms with van der Waals surface area (Å²) in [4.78, 5) is 25.0. The van der Waals surface area contributed by atoms with Crippen molar-refractivity contribution >= 4 is 23.4 Å². The molecule has 1 aliphatic rings. The van der Waals surface area contributed by atoms with Gasteiger partial charge in [-0.1, -0.05) is 44.7 Å². The molecule has 0 unspecified atom stereocenters. The Morgan fingerprint density at radius 3 is 2.33 bits per heavy atom. The maximum Gasteiger partial charge on any atom is 0.251 e. The van der Waals surface area contributed by atoms with Crippen LogP contribution in [0.1, 0.15) is 62.7 Å². The van der Waals surface area contributed by atoms with Gasteiger partial charge < -0.3 is 10.6 Å². The van der Waals surface area contributed by atoms with E-state index in [0.717, 1.165) is 25.7 Å². The first-order valence-corrected chi connectivity index (χ1v) is 9.20. The summed E-state index contributed by atoms with van der Waals surface area (Å²) in [6, 6.07) is 6.43. The van der Waals surface area contributed by atoms with Gasteiger partial charge in [-0.2, -0.15) is 0 Å². The molecule has 24 heavy (non-hydrogen) atoms. The monoisotopic (exact) mass is 350 g/mol. The molecule has 0 aliphatic heterocycles. The number of amides is 2. The zero-order valence-corrected chi connectivity index (χ0v) is 15.2. The molecule has 0 bridgehead atoms. The lowest BCUT2D eigenvalue weighted by Crippen LogP contribution is -2.50. The molecule has 2 rings (SSSR count). The van der Waals surface area contributed by atoms with Crippen LogP contribution >= 0.6 is 11.6 Å². The maximum atomic E-state index is 12.6. The maximum absolute atomic E-state index is 12.6. The van der Waals surface area contributed by atoms with Crippen molar-refractivity contribution in [2.24, 2.45) is 5.92 Å². The van der Waals surface area contributed by atoms with E-state index in [4.69, 9.17) is 11.6 Å². The van der Waals surface area contributed by atoms with Gasteiger partial charge >= 0.3 is 0 Å². The lowest BCUT2D eigenvalue weighted by atomic mass is 9.94. The van der Waals surface area contributed by atoms with Gasteiger partial charge in [0.05, 0.1) is 0 Å². The first-order chi connectivity index (χ1) is 11.5. The molecule has 1 aliphatic carbocycles. The van der Waals surface area contributed by atoms with E-state index in [1.54, 1.807) is 24.3 Å². The van der Waals surface area contributed by atoms with E-state index < -0.39 is 6.04 Å². The molecule has 0 saturated heterocycles. The molecule has 1 saturated carbocycles. The lowest BCUT2D eigenvalue weighted by Gasteiger charge is -2.26. The Morgan fingerprint density at radius 1 is 1.12 bits per heavy atom. The predicted molar refractivity (Wildman–Crippen MR) is 97.2 cm³/mol. The molecule has 1 atom stereocenters. The van der Waals surface area contributed by atoms with Crippen LogP contribution in [0.4, 0.5) is 0 Å². The van der Waals surface area contributed by atoms with Crippen LogP contribution < -0.4 is 10.6 Å². The van der Waals surface area contributed by atoms with E-state index in [-0.39, 0.29) is 17.9 Å². The quantitative estimate of drug-likeness (QED) is 0.816. The summed E-state index contributed by atoms with van der Waals surface area (Å²) >= 11 is 5.85. The van der Waals surface area contributed by atoms with Gasteiger partial charge in [0.15, 0.2) is 0 Å². The predicted octanol–water partition coefficient (Wildman–Crippen LogP) is 3.93. The molecule has 1 aromatic rings. The van der Waals surface area contributed by atoms with Crippen LogP contribution in [0.15, 0.2) is 24.3 Å². The number of carbonyl (C=O) groups excluding carboxylic acids is 2. The number of halogens is 1. The second-order valence-corrected chi connectivity index (χ2v) is 7.44. The largest absolute Gasteiger partial charge is 0.352 e. The van der Waals surface area contributed by atoms with Crippen LogP contribution in [0, 0.1) is 5.92 Å². The molecule has 2 amide bonds. The first kappa shape index (κ1) is 18.8. The summed E-state index contributed by atoms with van der Waals surface area (Å²) in [5, 5.41) is 6.58. The Labute approximate surface area is 149 Å². The lowest BCUT2D eigenvalue weighted by molar-refractivity contribution is -0.124. The van der Waals surface area contributed by atoms with E-state index in [2.05, 4.69) is 24.5 Å². The number of hydrogen-bond donors (Lipinski definition) is 2. The molecule has 0 heterocycles. The molecule has 0 radical (unpaired) electrons. The second-order valence-electron chi connectivity index (χ2n) is 7.01. The van der Waals surface area contributed by atoms with Crippen LogP contribution in [0.3, 0.4) is 0 Å². The van der Waals surface area contributed by atoms with E-state index in [0.29, 0.717) is 22.9 Å². The minimum absolute atomic E-state index is 0.0714. The molecule has 0 spiro atoms. The van der Waals surface area contributed by atoms with Gasteiger partial charge in [-0.05, 0) is 49.4 Å². The highest BCUT2D eigenvalue weighted by atomic mass is 35.5. The van der Waals surface area contributed by atoms with Crippen molar-refractivity contribution in [3.63, 3.8) is 0 Å². The SMILES string of the molecule is CC(C)C[C@@H](NC(=O)c1ccc(Cl)cc1)C(=O)NC1CCCCC1. The Kier molecular flexibility index (Phi) is 7.10. The van der Waals surface area contributed by atoms with Gasteiger partial charge in [0.1, 0.15) is 6.04 Å². The molecule has 1 fully saturated rings. The smallest absolute Gasteiger partial charge is 0.251 e. The first-order valence-electron chi connectivity index (χ1n) is 8.82. The van der Waals surface area contributed by atoms with Crippen LogP contribution in [0.5, 0.6) is 0 Å². The molecular formula is C19H27ClN2O2. The Balaban J connectivity index is 1.99. The summed E-state index contributed by atoms with van der Waals surface area (Å²) in [5.74, 6) is 0.00616. The third-order valence-corrected chi connectivity index (χ3v) is 4.64. The summed E-state index contributed by atoms with van der Waals surface area (Å²) in [5.41, 5.74) is 0.513. The zero-order chi connectivity index (χ0) is 17.5. The minimum Gasteiger partial charge on any atom is -0.352 e. The average molecular weight is 351 g/mol. The van der Waals surface area contributed by atoms with Crippen LogP contribution in [0.2, 0.25) is 5.02 Å². The van der Waals surface area contributed by atoms with Gasteiger partial charge in [0.2, 0.25) is 5.91 Å². The number of nitrogens with one attached hydrogen (secondary N) is 2. The van der Waals surface area contributed by atoms with E-state index in [1.165, 1.54) is 6.42 Å². The molecule has 132 valence electrons. The van der Waals surface area contributed by atoms with Crippen molar-refractivity contribution in [1.82, 2.24) is 10.6 Å². The highest BCUT2D eigenvalue weighted by Crippen LogP contribution is 2.18. The fraction of sp³-hybridized carbons (Fsp3) is 0.579. The topological polar surface area (TPSA) is 58.2 Å². The van der Waals surface area contributed by atoms with E-state index in [1.807, 2.05) is 0 Å². The van der Waals surface area contributed by atoms with Gasteiger partial charge in [-0.3, -0.25) is 9.59 Å². The molecule has 4 nitrogen and oxygen atoms in total. The number of benzene rings is 1. The highest BCUT2D eigenvalue weighted by Gasteiger charge is 2.25. The van der Waals surface area contributed by atoms with Crippen molar-refractivity contribution < 1.29 is 9.59 Å². The second kappa shape index (κ2) is 9.07. The average Bonchev–Trinajstić information content (AvgIpc) is 2.55. The molecule has 2 N–H and O–H groups in total. The van der Waals surface area contributed by atoms with E-state index in [9.17, 15) is 9.59 Å². The third-order valence-electron chi connectivity index (χ3n) is 4.39. The van der Waals surface area contributed by atoms with Gasteiger partial charge in [-0.15, -0.1) is 0 Å². The summed E-state index contributed by atoms with van der Waals surface area (Å²) in [6.07, 6.45) is 6.26. The van der Waals surface area contributed by atoms with Crippen LogP contribution in [0.25, 0.3) is 0 Å². The Bertz CT molecular complexity index is 551. The van der Waals surface area contributed by atoms with Crippen molar-refractivity contribution in [3.05, 3.63) is 34.9 Å². The summed E-state index contributed by atoms with van der Waals surface area (Å²) < 4.78 is 0. The fourth-order valence-corrected chi connectivity index (χ4v) is 3.22. The molecule has 0 aromatic heterocycles. The van der Waals surface area contributed by atoms with Crippen molar-refractivity contribution in [1.29, 1.82) is 0 Å². The van der Waals surface area contributed by atoms with Gasteiger partial charge in [-0.25, -0.2) is 0 Å². The van der Waals surface area contributed by atoms with Crippen molar-refractivity contribution in [2.45, 2.75) is 64.5 Å². The minimum atomic E-state index is -0.505. The number of hydrogen-bond acceptors (Lipinski definition) is 2. The normalized spacial score (nSPS) is 16.7. The van der Waals surface area contributed by atoms with Crippen molar-refractivity contribution in [2.75, 3.05) is 0 Å². The zero-order valence-electron chi connectivity index (χ0n) is 14.5. The van der Waals surface area contributed by atoms with Crippen LogP contribution in [-0.2, 0) is 4.79 Å². The Morgan fingerprint density at radius 2 is 1.75 bits per heavy atom. The number of carbonyl (C=O) groups is 2. The molecule has 5 heteroatoms. The summed E-state index contributed by atoms with van der Waals surface area (Å²) in [7, 11) is 0. The van der Waals surface area contributed by atoms with Crippen LogP contribution in [-0.4, -0.2) is 23.9 Å². The van der Waals surface area contributed by atoms with Gasteiger partial charge in [0.25, 0.3) is 5.91 Å². The van der Waals surface area contributed by atoms with E-state index >= 15 is 0 Å². The number of rotatable bonds is 6. The highest BCUT2D eigenvalue weighted by molar-refractivity contribution is 6.30. The molecule has 1 aromatic carbocycles. The standard InChI is InChI=1S/C19H27ClN2O2/c1-13(2)12-17(19(24)21-16-6-4-3-5-7-16)22-18(23)14-8-10-15(20)11-9-14/h8-11,13,16-17H,3-7,12H2,1-2H3,(H,21,24)(H,22,23)/t17-/m1/s1. The van der Waals surface area contributed by atoms with Crippen molar-refractivity contribution in [3.8, 4) is 0 Å². The Hall–Kier alpha value is -1.55. The fourth-order valence-electron chi connectivity index (χ4n) is 3.09. The third kappa shape index (κ3) is 5.82. The van der Waals surface area contributed by atoms with Gasteiger partial charge in [0, 0.05) is 16.6 Å².